The zero-order valence-corrected chi connectivity index (χ0v) is 14.0. The van der Waals surface area contributed by atoms with E-state index in [1.54, 1.807) is 0 Å². The topological polar surface area (TPSA) is 45.6 Å². The highest BCUT2D eigenvalue weighted by molar-refractivity contribution is 7.80. The third-order valence-corrected chi connectivity index (χ3v) is 3.92. The van der Waals surface area contributed by atoms with Crippen molar-refractivity contribution in [3.8, 4) is 0 Å². The van der Waals surface area contributed by atoms with E-state index in [9.17, 15) is 0 Å². The van der Waals surface area contributed by atoms with Gasteiger partial charge in [-0.3, -0.25) is 5.43 Å². The van der Waals surface area contributed by atoms with Crippen LogP contribution in [0.3, 0.4) is 0 Å². The van der Waals surface area contributed by atoms with Crippen LogP contribution in [-0.4, -0.2) is 30.6 Å². The number of aryl methyl sites for hydroxylation is 1. The number of hydrogen-bond donors (Lipinski definition) is 2. The Morgan fingerprint density at radius 2 is 2.09 bits per heavy atom. The average molecular weight is 319 g/mol. The number of nitrogens with zero attached hydrogens (tertiary/aromatic N) is 1. The number of benzene rings is 1. The normalized spacial score (nSPS) is 16.0. The summed E-state index contributed by atoms with van der Waals surface area (Å²) >= 11 is 5.26. The second-order valence-electron chi connectivity index (χ2n) is 5.34. The van der Waals surface area contributed by atoms with Crippen LogP contribution in [0.1, 0.15) is 43.7 Å². The van der Waals surface area contributed by atoms with Gasteiger partial charge in [0.25, 0.3) is 0 Å². The summed E-state index contributed by atoms with van der Waals surface area (Å²) in [6.07, 6.45) is 5.46. The minimum absolute atomic E-state index is 0.575. The molecule has 0 spiro atoms. The molecule has 1 aliphatic carbocycles. The first-order chi connectivity index (χ1) is 10.8. The summed E-state index contributed by atoms with van der Waals surface area (Å²) in [7, 11) is 0. The predicted molar refractivity (Wildman–Crippen MR) is 95.4 cm³/mol. The Bertz CT molecular complexity index is 516. The van der Waals surface area contributed by atoms with Gasteiger partial charge < -0.3 is 10.1 Å². The summed E-state index contributed by atoms with van der Waals surface area (Å²) in [5, 5.41) is 8.26. The van der Waals surface area contributed by atoms with Gasteiger partial charge in [0.15, 0.2) is 5.11 Å². The molecule has 0 aliphatic heterocycles. The predicted octanol–water partition coefficient (Wildman–Crippen LogP) is 3.01. The molecule has 0 aromatic heterocycles. The molecule has 0 radical (unpaired) electrons. The molecule has 0 heterocycles. The third kappa shape index (κ3) is 5.39. The van der Waals surface area contributed by atoms with Crippen LogP contribution < -0.4 is 10.7 Å². The lowest BCUT2D eigenvalue weighted by atomic mass is 10.0. The Hall–Kier alpha value is -1.46. The van der Waals surface area contributed by atoms with Crippen LogP contribution in [0.2, 0.25) is 0 Å². The molecule has 2 rings (SSSR count). The number of nitrogens with one attached hydrogen (secondary N) is 2. The largest absolute Gasteiger partial charge is 0.382 e. The fraction of sp³-hybridized carbons (Fsp3) is 0.529. The second kappa shape index (κ2) is 9.54. The number of rotatable bonds is 6. The SMILES string of the molecule is CCOCCCNC(=S)N/N=C1/CCCCc2ccccc21. The Kier molecular flexibility index (Phi) is 7.33. The van der Waals surface area contributed by atoms with Crippen LogP contribution >= 0.6 is 12.2 Å². The van der Waals surface area contributed by atoms with Crippen LogP contribution in [-0.2, 0) is 11.2 Å². The van der Waals surface area contributed by atoms with Crippen LogP contribution in [0.15, 0.2) is 29.4 Å². The first-order valence-corrected chi connectivity index (χ1v) is 8.48. The van der Waals surface area contributed by atoms with Crippen molar-refractivity contribution in [3.05, 3.63) is 35.4 Å². The van der Waals surface area contributed by atoms with E-state index in [4.69, 9.17) is 17.0 Å². The van der Waals surface area contributed by atoms with Gasteiger partial charge in [0, 0.05) is 25.3 Å². The molecule has 0 saturated heterocycles. The third-order valence-electron chi connectivity index (χ3n) is 3.69. The van der Waals surface area contributed by atoms with E-state index in [-0.39, 0.29) is 0 Å². The summed E-state index contributed by atoms with van der Waals surface area (Å²) in [6, 6.07) is 8.52. The van der Waals surface area contributed by atoms with Crippen LogP contribution in [0.25, 0.3) is 0 Å². The van der Waals surface area contributed by atoms with E-state index >= 15 is 0 Å². The summed E-state index contributed by atoms with van der Waals surface area (Å²) in [6.45, 7) is 4.32. The summed E-state index contributed by atoms with van der Waals surface area (Å²) in [4.78, 5) is 0. The standard InChI is InChI=1S/C17H25N3OS/c1-2-21-13-7-12-18-17(22)20-19-16-11-6-4-9-14-8-3-5-10-15(14)16/h3,5,8,10H,2,4,6-7,9,11-13H2,1H3,(H2,18,20,22)/b19-16-. The molecule has 5 heteroatoms. The molecule has 1 aliphatic rings. The average Bonchev–Trinajstić information content (AvgIpc) is 2.75. The fourth-order valence-corrected chi connectivity index (χ4v) is 2.70. The van der Waals surface area contributed by atoms with Crippen molar-refractivity contribution in [3.63, 3.8) is 0 Å². The Morgan fingerprint density at radius 1 is 1.27 bits per heavy atom. The lowest BCUT2D eigenvalue weighted by Gasteiger charge is -2.10. The smallest absolute Gasteiger partial charge is 0.186 e. The summed E-state index contributed by atoms with van der Waals surface area (Å²) in [5.74, 6) is 0. The van der Waals surface area contributed by atoms with Crippen LogP contribution in [0, 0.1) is 0 Å². The first-order valence-electron chi connectivity index (χ1n) is 8.07. The maximum atomic E-state index is 5.29. The van der Waals surface area contributed by atoms with Crippen LogP contribution in [0.5, 0.6) is 0 Å². The van der Waals surface area contributed by atoms with Gasteiger partial charge in [-0.2, -0.15) is 5.10 Å². The number of ether oxygens (including phenoxy) is 1. The van der Waals surface area contributed by atoms with Crippen LogP contribution in [0.4, 0.5) is 0 Å². The van der Waals surface area contributed by atoms with Gasteiger partial charge in [0.05, 0.1) is 5.71 Å². The number of hydrogen-bond acceptors (Lipinski definition) is 3. The lowest BCUT2D eigenvalue weighted by Crippen LogP contribution is -2.33. The molecule has 4 nitrogen and oxygen atoms in total. The highest BCUT2D eigenvalue weighted by atomic mass is 32.1. The molecule has 0 saturated carbocycles. The van der Waals surface area contributed by atoms with Gasteiger partial charge in [-0.15, -0.1) is 0 Å². The van der Waals surface area contributed by atoms with E-state index in [1.807, 2.05) is 6.92 Å². The van der Waals surface area contributed by atoms with Crippen molar-refractivity contribution in [2.45, 2.75) is 39.0 Å². The number of thiocarbonyl (C=S) groups is 1. The van der Waals surface area contributed by atoms with Gasteiger partial charge in [-0.05, 0) is 56.8 Å². The quantitative estimate of drug-likeness (QED) is 0.366. The highest BCUT2D eigenvalue weighted by Crippen LogP contribution is 2.20. The zero-order valence-electron chi connectivity index (χ0n) is 13.2. The summed E-state index contributed by atoms with van der Waals surface area (Å²) < 4.78 is 5.29. The minimum atomic E-state index is 0.575. The molecule has 0 atom stereocenters. The van der Waals surface area contributed by atoms with E-state index < -0.39 is 0 Å². The highest BCUT2D eigenvalue weighted by Gasteiger charge is 2.13. The molecular weight excluding hydrogens is 294 g/mol. The van der Waals surface area contributed by atoms with Crippen molar-refractivity contribution in [2.75, 3.05) is 19.8 Å². The lowest BCUT2D eigenvalue weighted by molar-refractivity contribution is 0.145. The van der Waals surface area contributed by atoms with Crippen molar-refractivity contribution in [1.82, 2.24) is 10.7 Å². The zero-order chi connectivity index (χ0) is 15.6. The molecule has 1 aromatic rings. The van der Waals surface area contributed by atoms with E-state index in [0.717, 1.165) is 44.7 Å². The van der Waals surface area contributed by atoms with Crippen molar-refractivity contribution < 1.29 is 4.74 Å². The first kappa shape index (κ1) is 16.9. The molecule has 2 N–H and O–H groups in total. The maximum Gasteiger partial charge on any atom is 0.186 e. The second-order valence-corrected chi connectivity index (χ2v) is 5.75. The molecule has 0 unspecified atom stereocenters. The number of fused-ring (bicyclic) bond motifs is 1. The van der Waals surface area contributed by atoms with Crippen molar-refractivity contribution >= 4 is 23.0 Å². The molecular formula is C17H25N3OS. The van der Waals surface area contributed by atoms with E-state index in [0.29, 0.717) is 5.11 Å². The minimum Gasteiger partial charge on any atom is -0.382 e. The number of hydrazone groups is 1. The molecule has 0 amide bonds. The van der Waals surface area contributed by atoms with Crippen molar-refractivity contribution in [2.24, 2.45) is 5.10 Å². The maximum absolute atomic E-state index is 5.29. The fourth-order valence-electron chi connectivity index (χ4n) is 2.56. The molecule has 0 bridgehead atoms. The molecule has 120 valence electrons. The Labute approximate surface area is 138 Å². The monoisotopic (exact) mass is 319 g/mol. The Balaban J connectivity index is 1.86. The molecule has 1 aromatic carbocycles. The van der Waals surface area contributed by atoms with E-state index in [1.165, 1.54) is 24.0 Å². The molecule has 0 fully saturated rings. The van der Waals surface area contributed by atoms with Crippen molar-refractivity contribution in [1.29, 1.82) is 0 Å². The van der Waals surface area contributed by atoms with E-state index in [2.05, 4.69) is 40.1 Å². The van der Waals surface area contributed by atoms with Gasteiger partial charge in [-0.25, -0.2) is 0 Å². The van der Waals surface area contributed by atoms with Gasteiger partial charge in [0.2, 0.25) is 0 Å². The van der Waals surface area contributed by atoms with Gasteiger partial charge >= 0.3 is 0 Å². The van der Waals surface area contributed by atoms with Gasteiger partial charge in [0.1, 0.15) is 0 Å². The van der Waals surface area contributed by atoms with Gasteiger partial charge in [-0.1, -0.05) is 24.3 Å². The summed E-state index contributed by atoms with van der Waals surface area (Å²) in [5.41, 5.74) is 6.72. The Morgan fingerprint density at radius 3 is 2.95 bits per heavy atom. The molecule has 22 heavy (non-hydrogen) atoms.